The second kappa shape index (κ2) is 8.94. The van der Waals surface area contributed by atoms with Crippen molar-refractivity contribution in [1.29, 1.82) is 0 Å². The minimum absolute atomic E-state index is 0.0114. The predicted octanol–water partition coefficient (Wildman–Crippen LogP) is 0.692. The Hall–Kier alpha value is -2.52. The Morgan fingerprint density at radius 1 is 1.38 bits per heavy atom. The van der Waals surface area contributed by atoms with Crippen molar-refractivity contribution in [3.8, 4) is 0 Å². The van der Waals surface area contributed by atoms with Crippen LogP contribution in [0.15, 0.2) is 18.2 Å². The number of amides is 1. The van der Waals surface area contributed by atoms with Crippen LogP contribution < -0.4 is 5.32 Å². The van der Waals surface area contributed by atoms with Crippen LogP contribution in [0.2, 0.25) is 0 Å². The van der Waals surface area contributed by atoms with Crippen molar-refractivity contribution in [2.75, 3.05) is 13.2 Å². The van der Waals surface area contributed by atoms with Gasteiger partial charge in [0, 0.05) is 19.5 Å². The molecule has 0 fully saturated rings. The Bertz CT molecular complexity index is 618. The number of hydrogen-bond donors (Lipinski definition) is 3. The Kier molecular flexibility index (Phi) is 7.28. The van der Waals surface area contributed by atoms with Crippen LogP contribution in [0.4, 0.5) is 5.69 Å². The van der Waals surface area contributed by atoms with Crippen LogP contribution in [0.25, 0.3) is 0 Å². The number of rotatable bonds is 8. The fourth-order valence-electron chi connectivity index (χ4n) is 2.05. The van der Waals surface area contributed by atoms with Gasteiger partial charge in [-0.15, -0.1) is 0 Å². The van der Waals surface area contributed by atoms with Gasteiger partial charge < -0.3 is 20.3 Å². The van der Waals surface area contributed by atoms with Crippen LogP contribution in [0.5, 0.6) is 0 Å². The van der Waals surface area contributed by atoms with E-state index in [0.717, 1.165) is 6.07 Å². The Morgan fingerprint density at radius 2 is 2.04 bits per heavy atom. The van der Waals surface area contributed by atoms with E-state index in [9.17, 15) is 29.9 Å². The summed E-state index contributed by atoms with van der Waals surface area (Å²) >= 11 is 0. The maximum atomic E-state index is 11.6. The first kappa shape index (κ1) is 19.5. The van der Waals surface area contributed by atoms with Gasteiger partial charge in [0.2, 0.25) is 5.91 Å². The molecule has 1 aromatic rings. The average Bonchev–Trinajstić information content (AvgIpc) is 2.53. The first-order valence-corrected chi connectivity index (χ1v) is 7.34. The lowest BCUT2D eigenvalue weighted by Crippen LogP contribution is -2.28. The first-order chi connectivity index (χ1) is 11.3. The number of nitrogens with zero attached hydrogens (tertiary/aromatic N) is 1. The van der Waals surface area contributed by atoms with Crippen LogP contribution >= 0.6 is 0 Å². The molecule has 2 unspecified atom stereocenters. The highest BCUT2D eigenvalue weighted by Gasteiger charge is 2.27. The number of nitrogens with one attached hydrogen (secondary N) is 1. The summed E-state index contributed by atoms with van der Waals surface area (Å²) in [6.07, 6.45) is -2.84. The summed E-state index contributed by atoms with van der Waals surface area (Å²) < 4.78 is 4.77. The maximum absolute atomic E-state index is 11.6. The van der Waals surface area contributed by atoms with Gasteiger partial charge in [-0.3, -0.25) is 14.9 Å². The van der Waals surface area contributed by atoms with E-state index < -0.39 is 28.8 Å². The van der Waals surface area contributed by atoms with Crippen molar-refractivity contribution in [1.82, 2.24) is 5.32 Å². The Morgan fingerprint density at radius 3 is 2.58 bits per heavy atom. The topological polar surface area (TPSA) is 139 Å². The average molecular weight is 340 g/mol. The summed E-state index contributed by atoms with van der Waals surface area (Å²) in [5, 5.41) is 33.7. The van der Waals surface area contributed by atoms with Crippen molar-refractivity contribution in [3.05, 3.63) is 39.4 Å². The molecule has 0 aliphatic heterocycles. The quantitative estimate of drug-likeness (QED) is 0.359. The van der Waals surface area contributed by atoms with Crippen molar-refractivity contribution in [2.24, 2.45) is 0 Å². The molecule has 9 heteroatoms. The third-order valence-electron chi connectivity index (χ3n) is 3.24. The molecule has 1 rings (SSSR count). The molecular weight excluding hydrogens is 320 g/mol. The normalized spacial score (nSPS) is 13.0. The Labute approximate surface area is 138 Å². The maximum Gasteiger partial charge on any atom is 0.338 e. The molecule has 0 radical (unpaired) electrons. The second-order valence-electron chi connectivity index (χ2n) is 5.03. The van der Waals surface area contributed by atoms with Crippen molar-refractivity contribution in [3.63, 3.8) is 0 Å². The number of nitro benzene ring substituents is 1. The van der Waals surface area contributed by atoms with Crippen LogP contribution in [0.1, 0.15) is 42.3 Å². The summed E-state index contributed by atoms with van der Waals surface area (Å²) in [7, 11) is 0. The zero-order valence-corrected chi connectivity index (χ0v) is 13.4. The van der Waals surface area contributed by atoms with E-state index in [1.165, 1.54) is 19.1 Å². The molecule has 0 saturated heterocycles. The number of aliphatic hydroxyl groups excluding tert-OH is 2. The number of ether oxygens (including phenoxy) is 1. The monoisotopic (exact) mass is 340 g/mol. The third kappa shape index (κ3) is 5.28. The van der Waals surface area contributed by atoms with Gasteiger partial charge in [-0.1, -0.05) is 0 Å². The van der Waals surface area contributed by atoms with Crippen LogP contribution in [0.3, 0.4) is 0 Å². The Balaban J connectivity index is 2.98. The number of aliphatic hydroxyl groups is 2. The van der Waals surface area contributed by atoms with Crippen molar-refractivity contribution < 1.29 is 29.5 Å². The third-order valence-corrected chi connectivity index (χ3v) is 3.24. The number of hydrogen-bond acceptors (Lipinski definition) is 7. The lowest BCUT2D eigenvalue weighted by atomic mass is 9.98. The van der Waals surface area contributed by atoms with E-state index in [0.29, 0.717) is 0 Å². The van der Waals surface area contributed by atoms with Crippen LogP contribution in [0, 0.1) is 10.1 Å². The number of esters is 1. The number of nitro groups is 1. The van der Waals surface area contributed by atoms with E-state index in [1.54, 1.807) is 6.92 Å². The first-order valence-electron chi connectivity index (χ1n) is 7.34. The van der Waals surface area contributed by atoms with Gasteiger partial charge in [0.15, 0.2) is 0 Å². The molecule has 0 aromatic heterocycles. The molecule has 0 spiro atoms. The van der Waals surface area contributed by atoms with Crippen molar-refractivity contribution in [2.45, 2.75) is 32.5 Å². The minimum Gasteiger partial charge on any atom is -0.462 e. The van der Waals surface area contributed by atoms with E-state index in [1.807, 2.05) is 0 Å². The van der Waals surface area contributed by atoms with Gasteiger partial charge in [-0.25, -0.2) is 4.79 Å². The summed E-state index contributed by atoms with van der Waals surface area (Å²) in [6.45, 7) is 3.15. The van der Waals surface area contributed by atoms with Crippen LogP contribution in [-0.2, 0) is 9.53 Å². The molecule has 3 N–H and O–H groups in total. The molecule has 1 amide bonds. The van der Waals surface area contributed by atoms with Gasteiger partial charge >= 0.3 is 5.97 Å². The fourth-order valence-corrected chi connectivity index (χ4v) is 2.05. The highest BCUT2D eigenvalue weighted by atomic mass is 16.6. The predicted molar refractivity (Wildman–Crippen MR) is 83.3 cm³/mol. The molecule has 2 atom stereocenters. The molecule has 24 heavy (non-hydrogen) atoms. The standard InChI is InChI=1S/C15H20N2O7/c1-3-24-15(21)10-4-5-11(12(8-10)17(22)23)14(20)13(19)6-7-16-9(2)18/h4-5,8,13-14,19-20H,3,6-7H2,1-2H3,(H,16,18). The smallest absolute Gasteiger partial charge is 0.338 e. The lowest BCUT2D eigenvalue weighted by Gasteiger charge is -2.18. The number of carbonyl (C=O) groups is 2. The largest absolute Gasteiger partial charge is 0.462 e. The molecule has 0 aliphatic carbocycles. The van der Waals surface area contributed by atoms with Crippen molar-refractivity contribution >= 4 is 17.6 Å². The molecule has 9 nitrogen and oxygen atoms in total. The minimum atomic E-state index is -1.53. The molecular formula is C15H20N2O7. The summed E-state index contributed by atoms with van der Waals surface area (Å²) in [6, 6.07) is 3.48. The lowest BCUT2D eigenvalue weighted by molar-refractivity contribution is -0.386. The zero-order chi connectivity index (χ0) is 18.3. The molecule has 0 heterocycles. The van der Waals surface area contributed by atoms with Gasteiger partial charge in [-0.2, -0.15) is 0 Å². The zero-order valence-electron chi connectivity index (χ0n) is 13.4. The number of carbonyl (C=O) groups excluding carboxylic acids is 2. The molecule has 0 bridgehead atoms. The highest BCUT2D eigenvalue weighted by Crippen LogP contribution is 2.29. The molecule has 0 aliphatic rings. The fraction of sp³-hybridized carbons (Fsp3) is 0.467. The van der Waals surface area contributed by atoms with Gasteiger partial charge in [-0.05, 0) is 25.5 Å². The van der Waals surface area contributed by atoms with E-state index in [2.05, 4.69) is 5.32 Å². The van der Waals surface area contributed by atoms with E-state index in [4.69, 9.17) is 4.74 Å². The molecule has 1 aromatic carbocycles. The van der Waals surface area contributed by atoms with Gasteiger partial charge in [0.25, 0.3) is 5.69 Å². The summed E-state index contributed by atoms with van der Waals surface area (Å²) in [4.78, 5) is 32.9. The number of benzene rings is 1. The summed E-state index contributed by atoms with van der Waals surface area (Å²) in [5.41, 5.74) is -0.637. The molecule has 0 saturated carbocycles. The van der Waals surface area contributed by atoms with Crippen LogP contribution in [-0.4, -0.2) is 46.3 Å². The SMILES string of the molecule is CCOC(=O)c1ccc(C(O)C(O)CCNC(C)=O)c([N+](=O)[O-])c1. The van der Waals surface area contributed by atoms with Gasteiger partial charge in [0.1, 0.15) is 6.10 Å². The van der Waals surface area contributed by atoms with Gasteiger partial charge in [0.05, 0.1) is 28.8 Å². The van der Waals surface area contributed by atoms with E-state index >= 15 is 0 Å². The summed E-state index contributed by atoms with van der Waals surface area (Å²) in [5.74, 6) is -1.01. The molecule has 132 valence electrons. The van der Waals surface area contributed by atoms with E-state index in [-0.39, 0.29) is 36.6 Å². The highest BCUT2D eigenvalue weighted by molar-refractivity contribution is 5.90. The second-order valence-corrected chi connectivity index (χ2v) is 5.03.